The lowest BCUT2D eigenvalue weighted by molar-refractivity contribution is -0.132. The molecule has 164 valence electrons. The summed E-state index contributed by atoms with van der Waals surface area (Å²) in [7, 11) is 0. The fourth-order valence-electron chi connectivity index (χ4n) is 3.49. The van der Waals surface area contributed by atoms with Gasteiger partial charge in [0.2, 0.25) is 11.8 Å². The fraction of sp³-hybridized carbons (Fsp3) is 0.360. The van der Waals surface area contributed by atoms with Crippen LogP contribution in [0, 0.1) is 5.92 Å². The minimum absolute atomic E-state index is 0.00790. The van der Waals surface area contributed by atoms with Crippen molar-refractivity contribution in [1.82, 2.24) is 10.2 Å². The zero-order chi connectivity index (χ0) is 21.9. The molecular formula is C25H30N2O4. The van der Waals surface area contributed by atoms with Crippen molar-refractivity contribution in [2.45, 2.75) is 19.8 Å². The summed E-state index contributed by atoms with van der Waals surface area (Å²) in [4.78, 5) is 26.6. The van der Waals surface area contributed by atoms with E-state index in [1.54, 1.807) is 11.0 Å². The molecule has 6 nitrogen and oxygen atoms in total. The van der Waals surface area contributed by atoms with Gasteiger partial charge >= 0.3 is 0 Å². The highest BCUT2D eigenvalue weighted by molar-refractivity contribution is 5.92. The summed E-state index contributed by atoms with van der Waals surface area (Å²) in [5.74, 6) is 1.51. The lowest BCUT2D eigenvalue weighted by atomic mass is 9.96. The summed E-state index contributed by atoms with van der Waals surface area (Å²) in [5, 5.41) is 2.94. The second kappa shape index (κ2) is 11.8. The van der Waals surface area contributed by atoms with E-state index in [-0.39, 0.29) is 17.7 Å². The van der Waals surface area contributed by atoms with Gasteiger partial charge in [-0.25, -0.2) is 0 Å². The van der Waals surface area contributed by atoms with E-state index in [0.29, 0.717) is 45.7 Å². The first-order chi connectivity index (χ1) is 15.2. The molecule has 0 aromatic heterocycles. The number of rotatable bonds is 9. The first-order valence-corrected chi connectivity index (χ1v) is 10.8. The van der Waals surface area contributed by atoms with Crippen LogP contribution >= 0.6 is 0 Å². The quantitative estimate of drug-likeness (QED) is 0.496. The average molecular weight is 423 g/mol. The Morgan fingerprint density at radius 2 is 1.65 bits per heavy atom. The van der Waals surface area contributed by atoms with E-state index in [1.807, 2.05) is 67.6 Å². The van der Waals surface area contributed by atoms with Crippen LogP contribution in [0.4, 0.5) is 0 Å². The van der Waals surface area contributed by atoms with Gasteiger partial charge in [0.25, 0.3) is 0 Å². The highest BCUT2D eigenvalue weighted by Gasteiger charge is 2.26. The highest BCUT2D eigenvalue weighted by atomic mass is 16.5. The second-order valence-corrected chi connectivity index (χ2v) is 7.39. The molecule has 1 N–H and O–H groups in total. The standard InChI is InChI=1S/C25H30N2O4/c1-2-30-22-9-11-23(12-10-22)31-19-16-26-25(29)21-14-17-27(18-15-21)24(28)13-8-20-6-4-3-5-7-20/h3-13,21H,2,14-19H2,1H3,(H,26,29)/b13-8+. The summed E-state index contributed by atoms with van der Waals surface area (Å²) >= 11 is 0. The molecule has 0 unspecified atom stereocenters. The molecule has 2 aromatic carbocycles. The molecule has 0 aliphatic carbocycles. The number of nitrogens with zero attached hydrogens (tertiary/aromatic N) is 1. The van der Waals surface area contributed by atoms with Crippen LogP contribution < -0.4 is 14.8 Å². The van der Waals surface area contributed by atoms with Crippen molar-refractivity contribution in [2.75, 3.05) is 32.8 Å². The molecule has 2 amide bonds. The minimum Gasteiger partial charge on any atom is -0.494 e. The zero-order valence-electron chi connectivity index (χ0n) is 18.0. The number of carbonyl (C=O) groups is 2. The molecule has 0 bridgehead atoms. The van der Waals surface area contributed by atoms with E-state index in [1.165, 1.54) is 0 Å². The SMILES string of the molecule is CCOc1ccc(OCCNC(=O)C2CCN(C(=O)/C=C/c3ccccc3)CC2)cc1. The molecular weight excluding hydrogens is 392 g/mol. The molecule has 1 aliphatic heterocycles. The Hall–Kier alpha value is -3.28. The highest BCUT2D eigenvalue weighted by Crippen LogP contribution is 2.19. The van der Waals surface area contributed by atoms with Gasteiger partial charge in [0.15, 0.2) is 0 Å². The molecule has 0 saturated carbocycles. The normalized spacial score (nSPS) is 14.4. The van der Waals surface area contributed by atoms with E-state index < -0.39 is 0 Å². The topological polar surface area (TPSA) is 67.9 Å². The number of ether oxygens (including phenoxy) is 2. The van der Waals surface area contributed by atoms with Gasteiger partial charge in [0.05, 0.1) is 13.2 Å². The van der Waals surface area contributed by atoms with Crippen molar-refractivity contribution in [3.63, 3.8) is 0 Å². The average Bonchev–Trinajstić information content (AvgIpc) is 2.82. The summed E-state index contributed by atoms with van der Waals surface area (Å²) in [6.07, 6.45) is 4.78. The van der Waals surface area contributed by atoms with E-state index >= 15 is 0 Å². The molecule has 6 heteroatoms. The van der Waals surface area contributed by atoms with E-state index in [2.05, 4.69) is 5.32 Å². The Balaban J connectivity index is 1.33. The summed E-state index contributed by atoms with van der Waals surface area (Å²) in [6.45, 7) is 4.62. The van der Waals surface area contributed by atoms with Crippen molar-refractivity contribution >= 4 is 17.9 Å². The van der Waals surface area contributed by atoms with Crippen LogP contribution in [0.2, 0.25) is 0 Å². The van der Waals surface area contributed by atoms with Crippen LogP contribution in [-0.2, 0) is 9.59 Å². The Bertz CT molecular complexity index is 857. The van der Waals surface area contributed by atoms with Gasteiger partial charge < -0.3 is 19.7 Å². The van der Waals surface area contributed by atoms with Crippen LogP contribution in [-0.4, -0.2) is 49.6 Å². The smallest absolute Gasteiger partial charge is 0.246 e. The van der Waals surface area contributed by atoms with Crippen LogP contribution in [0.1, 0.15) is 25.3 Å². The Labute approximate surface area is 183 Å². The van der Waals surface area contributed by atoms with Gasteiger partial charge in [-0.1, -0.05) is 30.3 Å². The van der Waals surface area contributed by atoms with E-state index in [9.17, 15) is 9.59 Å². The van der Waals surface area contributed by atoms with Crippen molar-refractivity contribution < 1.29 is 19.1 Å². The molecule has 3 rings (SSSR count). The molecule has 1 aliphatic rings. The van der Waals surface area contributed by atoms with Crippen LogP contribution in [0.3, 0.4) is 0 Å². The largest absolute Gasteiger partial charge is 0.494 e. The number of amides is 2. The molecule has 2 aromatic rings. The summed E-state index contributed by atoms with van der Waals surface area (Å²) in [6, 6.07) is 17.2. The molecule has 0 atom stereocenters. The Kier molecular flexibility index (Phi) is 8.52. The maximum Gasteiger partial charge on any atom is 0.246 e. The Morgan fingerprint density at radius 3 is 2.29 bits per heavy atom. The Morgan fingerprint density at radius 1 is 1.00 bits per heavy atom. The predicted octanol–water partition coefficient (Wildman–Crippen LogP) is 3.53. The van der Waals surface area contributed by atoms with Crippen LogP contribution in [0.15, 0.2) is 60.7 Å². The molecule has 0 spiro atoms. The van der Waals surface area contributed by atoms with Gasteiger partial charge in [-0.05, 0) is 55.7 Å². The van der Waals surface area contributed by atoms with Crippen molar-refractivity contribution in [1.29, 1.82) is 0 Å². The third-order valence-electron chi connectivity index (χ3n) is 5.20. The monoisotopic (exact) mass is 422 g/mol. The first-order valence-electron chi connectivity index (χ1n) is 10.8. The predicted molar refractivity (Wildman–Crippen MR) is 121 cm³/mol. The number of piperidine rings is 1. The van der Waals surface area contributed by atoms with Crippen molar-refractivity contribution in [3.05, 3.63) is 66.2 Å². The maximum atomic E-state index is 12.4. The number of hydrogen-bond donors (Lipinski definition) is 1. The van der Waals surface area contributed by atoms with E-state index in [0.717, 1.165) is 17.1 Å². The van der Waals surface area contributed by atoms with Gasteiger partial charge in [-0.3, -0.25) is 9.59 Å². The molecule has 31 heavy (non-hydrogen) atoms. The number of carbonyl (C=O) groups excluding carboxylic acids is 2. The number of hydrogen-bond acceptors (Lipinski definition) is 4. The van der Waals surface area contributed by atoms with Crippen LogP contribution in [0.25, 0.3) is 6.08 Å². The zero-order valence-corrected chi connectivity index (χ0v) is 18.0. The molecule has 0 radical (unpaired) electrons. The van der Waals surface area contributed by atoms with Gasteiger partial charge in [0, 0.05) is 25.1 Å². The first kappa shape index (κ1) is 22.4. The minimum atomic E-state index is -0.0624. The maximum absolute atomic E-state index is 12.4. The third kappa shape index (κ3) is 7.17. The van der Waals surface area contributed by atoms with Crippen molar-refractivity contribution in [3.8, 4) is 11.5 Å². The van der Waals surface area contributed by atoms with Crippen LogP contribution in [0.5, 0.6) is 11.5 Å². The lowest BCUT2D eigenvalue weighted by Gasteiger charge is -2.30. The van der Waals surface area contributed by atoms with Gasteiger partial charge in [-0.15, -0.1) is 0 Å². The number of likely N-dealkylation sites (tertiary alicyclic amines) is 1. The van der Waals surface area contributed by atoms with Gasteiger partial charge in [0.1, 0.15) is 18.1 Å². The third-order valence-corrected chi connectivity index (χ3v) is 5.20. The fourth-order valence-corrected chi connectivity index (χ4v) is 3.49. The molecule has 1 saturated heterocycles. The lowest BCUT2D eigenvalue weighted by Crippen LogP contribution is -2.43. The number of nitrogens with one attached hydrogen (secondary N) is 1. The molecule has 1 heterocycles. The molecule has 1 fully saturated rings. The summed E-state index contributed by atoms with van der Waals surface area (Å²) in [5.41, 5.74) is 0.998. The number of benzene rings is 2. The van der Waals surface area contributed by atoms with Crippen molar-refractivity contribution in [2.24, 2.45) is 5.92 Å². The van der Waals surface area contributed by atoms with E-state index in [4.69, 9.17) is 9.47 Å². The second-order valence-electron chi connectivity index (χ2n) is 7.39. The van der Waals surface area contributed by atoms with Gasteiger partial charge in [-0.2, -0.15) is 0 Å². The summed E-state index contributed by atoms with van der Waals surface area (Å²) < 4.78 is 11.1.